The molecule has 1 aliphatic rings. The number of β-amino-alcohol motifs (C(OH)–C–C–N with tert-alkyl or cyclic N) is 1. The van der Waals surface area contributed by atoms with Crippen molar-refractivity contribution in [3.63, 3.8) is 0 Å². The van der Waals surface area contributed by atoms with Gasteiger partial charge in [0, 0.05) is 61.3 Å². The molecule has 0 atom stereocenters. The minimum atomic E-state index is -0.0590. The summed E-state index contributed by atoms with van der Waals surface area (Å²) >= 11 is 6.15. The summed E-state index contributed by atoms with van der Waals surface area (Å²) < 4.78 is 0. The lowest BCUT2D eigenvalue weighted by Gasteiger charge is -2.34. The van der Waals surface area contributed by atoms with Crippen LogP contribution in [0.1, 0.15) is 10.5 Å². The second kappa shape index (κ2) is 8.83. The number of carbonyl (C=O) groups is 1. The van der Waals surface area contributed by atoms with Gasteiger partial charge >= 0.3 is 0 Å². The molecule has 0 bridgehead atoms. The first-order valence-electron chi connectivity index (χ1n) is 9.75. The molecule has 8 nitrogen and oxygen atoms in total. The van der Waals surface area contributed by atoms with Gasteiger partial charge in [0.25, 0.3) is 5.91 Å². The van der Waals surface area contributed by atoms with Crippen LogP contribution in [0, 0.1) is 0 Å². The predicted molar refractivity (Wildman–Crippen MR) is 116 cm³/mol. The Labute approximate surface area is 179 Å². The van der Waals surface area contributed by atoms with Crippen LogP contribution in [0.15, 0.2) is 42.7 Å². The molecule has 0 unspecified atom stereocenters. The van der Waals surface area contributed by atoms with Gasteiger partial charge in [-0.15, -0.1) is 0 Å². The number of piperazine rings is 1. The molecule has 4 N–H and O–H groups in total. The van der Waals surface area contributed by atoms with Crippen molar-refractivity contribution in [1.82, 2.24) is 24.8 Å². The van der Waals surface area contributed by atoms with Crippen molar-refractivity contribution in [2.75, 3.05) is 45.1 Å². The van der Waals surface area contributed by atoms with Gasteiger partial charge in [-0.2, -0.15) is 0 Å². The molecule has 1 aliphatic heterocycles. The number of aromatic nitrogens is 3. The number of nitrogens with one attached hydrogen (secondary N) is 1. The first-order chi connectivity index (χ1) is 14.5. The number of nitrogens with zero attached hydrogens (tertiary/aromatic N) is 4. The summed E-state index contributed by atoms with van der Waals surface area (Å²) in [6, 6.07) is 9.22. The van der Waals surface area contributed by atoms with Gasteiger partial charge in [0.1, 0.15) is 5.69 Å². The number of carbonyl (C=O) groups excluding carboxylic acids is 1. The standard InChI is InChI=1S/C21H23ClN6O2/c22-16-3-1-2-14(10-16)17-13-25-21(23)26-19(17)15-11-18(24-12-15)20(30)28-6-4-27(5-7-28)8-9-29/h1-3,10-13,24,29H,4-9H2,(H2,23,25,26). The van der Waals surface area contributed by atoms with Gasteiger partial charge < -0.3 is 20.7 Å². The molecule has 30 heavy (non-hydrogen) atoms. The lowest BCUT2D eigenvalue weighted by molar-refractivity contribution is 0.0610. The number of anilines is 1. The molecule has 4 rings (SSSR count). The van der Waals surface area contributed by atoms with Gasteiger partial charge in [-0.25, -0.2) is 9.97 Å². The third-order valence-electron chi connectivity index (χ3n) is 5.21. The first kappa shape index (κ1) is 20.3. The maximum absolute atomic E-state index is 12.9. The number of rotatable bonds is 5. The normalized spacial score (nSPS) is 14.8. The first-order valence-corrected chi connectivity index (χ1v) is 10.1. The average Bonchev–Trinajstić information content (AvgIpc) is 3.24. The maximum atomic E-state index is 12.9. The highest BCUT2D eigenvalue weighted by Gasteiger charge is 2.23. The topological polar surface area (TPSA) is 111 Å². The Bertz CT molecular complexity index is 1050. The van der Waals surface area contributed by atoms with E-state index >= 15 is 0 Å². The summed E-state index contributed by atoms with van der Waals surface area (Å²) in [6.07, 6.45) is 3.42. The lowest BCUT2D eigenvalue weighted by atomic mass is 10.0. The number of aliphatic hydroxyl groups is 1. The highest BCUT2D eigenvalue weighted by atomic mass is 35.5. The summed E-state index contributed by atoms with van der Waals surface area (Å²) in [5, 5.41) is 9.68. The van der Waals surface area contributed by atoms with Gasteiger partial charge in [-0.1, -0.05) is 23.7 Å². The fourth-order valence-electron chi connectivity index (χ4n) is 3.62. The van der Waals surface area contributed by atoms with Gasteiger partial charge in [-0.05, 0) is 23.8 Å². The molecule has 1 amide bonds. The molecular formula is C21H23ClN6O2. The molecule has 0 aliphatic carbocycles. The maximum Gasteiger partial charge on any atom is 0.270 e. The largest absolute Gasteiger partial charge is 0.395 e. The Morgan fingerprint density at radius 1 is 1.20 bits per heavy atom. The number of amides is 1. The van der Waals surface area contributed by atoms with Crippen LogP contribution in [0.3, 0.4) is 0 Å². The number of hydrogen-bond donors (Lipinski definition) is 3. The van der Waals surface area contributed by atoms with Gasteiger partial charge in [-0.3, -0.25) is 9.69 Å². The number of aromatic amines is 1. The van der Waals surface area contributed by atoms with Crippen molar-refractivity contribution in [2.24, 2.45) is 0 Å². The van der Waals surface area contributed by atoms with Crippen LogP contribution in [0.4, 0.5) is 5.95 Å². The zero-order valence-electron chi connectivity index (χ0n) is 16.4. The molecule has 1 fully saturated rings. The molecule has 0 spiro atoms. The van der Waals surface area contributed by atoms with E-state index in [1.807, 2.05) is 23.1 Å². The summed E-state index contributed by atoms with van der Waals surface area (Å²) in [5.41, 5.74) is 9.36. The predicted octanol–water partition coefficient (Wildman–Crippen LogP) is 2.12. The summed E-state index contributed by atoms with van der Waals surface area (Å²) in [7, 11) is 0. The van der Waals surface area contributed by atoms with E-state index < -0.39 is 0 Å². The number of H-pyrrole nitrogens is 1. The van der Waals surface area contributed by atoms with Crippen molar-refractivity contribution < 1.29 is 9.90 Å². The second-order valence-electron chi connectivity index (χ2n) is 7.16. The van der Waals surface area contributed by atoms with E-state index in [1.54, 1.807) is 24.5 Å². The van der Waals surface area contributed by atoms with Crippen LogP contribution in [0.25, 0.3) is 22.4 Å². The van der Waals surface area contributed by atoms with Crippen LogP contribution in [-0.2, 0) is 0 Å². The summed E-state index contributed by atoms with van der Waals surface area (Å²) in [6.45, 7) is 3.52. The molecule has 0 radical (unpaired) electrons. The molecular weight excluding hydrogens is 404 g/mol. The minimum absolute atomic E-state index is 0.0590. The Kier molecular flexibility index (Phi) is 5.98. The van der Waals surface area contributed by atoms with E-state index in [0.29, 0.717) is 36.0 Å². The van der Waals surface area contributed by atoms with Gasteiger partial charge in [0.2, 0.25) is 5.95 Å². The molecule has 3 heterocycles. The van der Waals surface area contributed by atoms with Crippen molar-refractivity contribution in [3.8, 4) is 22.4 Å². The van der Waals surface area contributed by atoms with Gasteiger partial charge in [0.05, 0.1) is 12.3 Å². The summed E-state index contributed by atoms with van der Waals surface area (Å²) in [4.78, 5) is 28.5. The molecule has 0 saturated carbocycles. The number of halogens is 1. The monoisotopic (exact) mass is 426 g/mol. The number of hydrogen-bond acceptors (Lipinski definition) is 6. The smallest absolute Gasteiger partial charge is 0.270 e. The molecule has 2 aromatic heterocycles. The van der Waals surface area contributed by atoms with Crippen LogP contribution in [0.5, 0.6) is 0 Å². The average molecular weight is 427 g/mol. The Balaban J connectivity index is 1.59. The van der Waals surface area contributed by atoms with Crippen molar-refractivity contribution in [2.45, 2.75) is 0 Å². The second-order valence-corrected chi connectivity index (χ2v) is 7.60. The molecule has 1 aromatic carbocycles. The quantitative estimate of drug-likeness (QED) is 0.576. The van der Waals surface area contributed by atoms with Crippen molar-refractivity contribution in [3.05, 3.63) is 53.4 Å². The SMILES string of the molecule is Nc1ncc(-c2cccc(Cl)c2)c(-c2c[nH]c(C(=O)N3CCN(CCO)CC3)c2)n1. The van der Waals surface area contributed by atoms with E-state index in [2.05, 4.69) is 19.9 Å². The fourth-order valence-corrected chi connectivity index (χ4v) is 3.81. The zero-order chi connectivity index (χ0) is 21.1. The highest BCUT2D eigenvalue weighted by molar-refractivity contribution is 6.30. The third kappa shape index (κ3) is 4.30. The molecule has 3 aromatic rings. The molecule has 156 valence electrons. The van der Waals surface area contributed by atoms with E-state index in [1.165, 1.54) is 0 Å². The van der Waals surface area contributed by atoms with E-state index in [-0.39, 0.29) is 18.5 Å². The number of aliphatic hydroxyl groups excluding tert-OH is 1. The minimum Gasteiger partial charge on any atom is -0.395 e. The highest BCUT2D eigenvalue weighted by Crippen LogP contribution is 2.32. The van der Waals surface area contributed by atoms with Crippen LogP contribution in [0.2, 0.25) is 5.02 Å². The Morgan fingerprint density at radius 2 is 2.00 bits per heavy atom. The number of nitrogen functional groups attached to an aromatic ring is 1. The Morgan fingerprint density at radius 3 is 2.73 bits per heavy atom. The van der Waals surface area contributed by atoms with Crippen LogP contribution < -0.4 is 5.73 Å². The van der Waals surface area contributed by atoms with E-state index in [0.717, 1.165) is 29.8 Å². The number of benzene rings is 1. The van der Waals surface area contributed by atoms with E-state index in [4.69, 9.17) is 22.4 Å². The van der Waals surface area contributed by atoms with Crippen LogP contribution >= 0.6 is 11.6 Å². The molecule has 9 heteroatoms. The zero-order valence-corrected chi connectivity index (χ0v) is 17.1. The lowest BCUT2D eigenvalue weighted by Crippen LogP contribution is -2.49. The molecule has 1 saturated heterocycles. The van der Waals surface area contributed by atoms with Crippen molar-refractivity contribution >= 4 is 23.5 Å². The van der Waals surface area contributed by atoms with Crippen LogP contribution in [-0.4, -0.2) is 75.1 Å². The fraction of sp³-hybridized carbons (Fsp3) is 0.286. The Hall–Kier alpha value is -2.94. The van der Waals surface area contributed by atoms with Gasteiger partial charge in [0.15, 0.2) is 0 Å². The van der Waals surface area contributed by atoms with Crippen molar-refractivity contribution in [1.29, 1.82) is 0 Å². The summed E-state index contributed by atoms with van der Waals surface area (Å²) in [5.74, 6) is 0.0982. The third-order valence-corrected chi connectivity index (χ3v) is 5.44. The number of nitrogens with two attached hydrogens (primary N) is 1. The van der Waals surface area contributed by atoms with E-state index in [9.17, 15) is 4.79 Å².